The topological polar surface area (TPSA) is 46.4 Å². The zero-order valence-corrected chi connectivity index (χ0v) is 13.3. The Bertz CT molecular complexity index is 710. The van der Waals surface area contributed by atoms with E-state index in [4.69, 9.17) is 0 Å². The van der Waals surface area contributed by atoms with Gasteiger partial charge in [0.25, 0.3) is 5.91 Å². The summed E-state index contributed by atoms with van der Waals surface area (Å²) in [7, 11) is 0. The van der Waals surface area contributed by atoms with Crippen molar-refractivity contribution in [2.45, 2.75) is 58.2 Å². The van der Waals surface area contributed by atoms with Crippen molar-refractivity contribution in [2.24, 2.45) is 0 Å². The molecule has 0 aromatic carbocycles. The summed E-state index contributed by atoms with van der Waals surface area (Å²) in [5.74, 6) is -0.118. The molecule has 0 bridgehead atoms. The Hall–Kier alpha value is -1.91. The van der Waals surface area contributed by atoms with Crippen LogP contribution in [0.3, 0.4) is 0 Å². The molecular formula is C17H22FN3O. The number of hydrogen-bond acceptors (Lipinski definition) is 2. The minimum absolute atomic E-state index is 0.0529. The van der Waals surface area contributed by atoms with Crippen molar-refractivity contribution in [3.05, 3.63) is 35.3 Å². The first-order valence-electron chi connectivity index (χ1n) is 7.81. The number of carbonyl (C=O) groups excluding carboxylic acids is 1. The van der Waals surface area contributed by atoms with Gasteiger partial charge >= 0.3 is 0 Å². The number of hydrogen-bond donors (Lipinski definition) is 1. The third kappa shape index (κ3) is 2.85. The number of carbonyl (C=O) groups is 1. The Morgan fingerprint density at radius 1 is 1.41 bits per heavy atom. The fourth-order valence-electron chi connectivity index (χ4n) is 3.20. The van der Waals surface area contributed by atoms with E-state index in [1.807, 2.05) is 30.5 Å². The van der Waals surface area contributed by atoms with Crippen LogP contribution in [0.25, 0.3) is 5.65 Å². The lowest BCUT2D eigenvalue weighted by molar-refractivity contribution is 0.0851. The molecule has 5 heteroatoms. The first-order chi connectivity index (χ1) is 10.4. The molecule has 0 radical (unpaired) electrons. The molecular weight excluding hydrogens is 281 g/mol. The average Bonchev–Trinajstić information content (AvgIpc) is 2.85. The van der Waals surface area contributed by atoms with Crippen molar-refractivity contribution in [3.63, 3.8) is 0 Å². The molecule has 0 aliphatic heterocycles. The normalized spacial score (nSPS) is 25.4. The van der Waals surface area contributed by atoms with Gasteiger partial charge in [0.15, 0.2) is 0 Å². The van der Waals surface area contributed by atoms with Crippen LogP contribution in [0.5, 0.6) is 0 Å². The van der Waals surface area contributed by atoms with Gasteiger partial charge in [0, 0.05) is 23.6 Å². The van der Waals surface area contributed by atoms with Crippen LogP contribution in [-0.2, 0) is 0 Å². The van der Waals surface area contributed by atoms with Crippen LogP contribution < -0.4 is 5.32 Å². The second kappa shape index (κ2) is 5.38. The maximum absolute atomic E-state index is 13.8. The van der Waals surface area contributed by atoms with Gasteiger partial charge in [-0.3, -0.25) is 4.79 Å². The fraction of sp³-hybridized carbons (Fsp3) is 0.529. The number of aryl methyl sites for hydroxylation is 2. The predicted octanol–water partition coefficient (Wildman–Crippen LogP) is 3.35. The highest BCUT2D eigenvalue weighted by atomic mass is 19.1. The van der Waals surface area contributed by atoms with Crippen molar-refractivity contribution in [3.8, 4) is 0 Å². The molecule has 1 saturated carbocycles. The molecule has 3 rings (SSSR count). The van der Waals surface area contributed by atoms with Crippen LogP contribution in [-0.4, -0.2) is 27.0 Å². The van der Waals surface area contributed by atoms with Crippen molar-refractivity contribution in [2.75, 3.05) is 0 Å². The predicted molar refractivity (Wildman–Crippen MR) is 83.9 cm³/mol. The Kier molecular flexibility index (Phi) is 3.67. The molecule has 0 unspecified atom stereocenters. The second-order valence-corrected chi connectivity index (χ2v) is 6.62. The van der Waals surface area contributed by atoms with E-state index in [1.165, 1.54) is 0 Å². The molecule has 2 aromatic heterocycles. The lowest BCUT2D eigenvalue weighted by Gasteiger charge is -2.31. The van der Waals surface area contributed by atoms with Crippen molar-refractivity contribution < 1.29 is 9.18 Å². The van der Waals surface area contributed by atoms with Crippen LogP contribution in [0.4, 0.5) is 4.39 Å². The van der Waals surface area contributed by atoms with E-state index in [0.29, 0.717) is 36.9 Å². The summed E-state index contributed by atoms with van der Waals surface area (Å²) in [6.45, 7) is 5.55. The summed E-state index contributed by atoms with van der Waals surface area (Å²) in [6, 6.07) is 3.83. The largest absolute Gasteiger partial charge is 0.349 e. The molecule has 1 amide bonds. The Balaban J connectivity index is 1.79. The SMILES string of the molecule is Cc1cc(C)n2ccc(C(=O)NC3CCC(C)(F)CC3)c2n1. The fourth-order valence-corrected chi connectivity index (χ4v) is 3.20. The molecule has 1 aliphatic carbocycles. The Morgan fingerprint density at radius 3 is 2.77 bits per heavy atom. The lowest BCUT2D eigenvalue weighted by atomic mass is 9.85. The zero-order valence-electron chi connectivity index (χ0n) is 13.3. The van der Waals surface area contributed by atoms with Gasteiger partial charge in [0.2, 0.25) is 0 Å². The number of amides is 1. The lowest BCUT2D eigenvalue weighted by Crippen LogP contribution is -2.40. The molecule has 1 N–H and O–H groups in total. The first kappa shape index (κ1) is 15.0. The van der Waals surface area contributed by atoms with E-state index in [2.05, 4.69) is 10.3 Å². The Labute approximate surface area is 129 Å². The van der Waals surface area contributed by atoms with Crippen molar-refractivity contribution >= 4 is 11.6 Å². The quantitative estimate of drug-likeness (QED) is 0.925. The number of alkyl halides is 1. The molecule has 2 heterocycles. The summed E-state index contributed by atoms with van der Waals surface area (Å²) >= 11 is 0. The molecule has 2 aromatic rings. The summed E-state index contributed by atoms with van der Waals surface area (Å²) in [5.41, 5.74) is 2.12. The van der Waals surface area contributed by atoms with Gasteiger partial charge in [-0.15, -0.1) is 0 Å². The van der Waals surface area contributed by atoms with E-state index in [-0.39, 0.29) is 11.9 Å². The molecule has 1 aliphatic rings. The van der Waals surface area contributed by atoms with E-state index >= 15 is 0 Å². The average molecular weight is 303 g/mol. The van der Waals surface area contributed by atoms with Gasteiger partial charge in [-0.25, -0.2) is 9.37 Å². The van der Waals surface area contributed by atoms with Crippen molar-refractivity contribution in [1.82, 2.24) is 14.7 Å². The monoisotopic (exact) mass is 303 g/mol. The molecule has 1 fully saturated rings. The third-order valence-electron chi connectivity index (χ3n) is 4.55. The maximum atomic E-state index is 13.8. The van der Waals surface area contributed by atoms with Gasteiger partial charge in [-0.2, -0.15) is 0 Å². The second-order valence-electron chi connectivity index (χ2n) is 6.62. The minimum atomic E-state index is -1.08. The number of fused-ring (bicyclic) bond motifs is 1. The summed E-state index contributed by atoms with van der Waals surface area (Å²) < 4.78 is 15.7. The number of nitrogens with one attached hydrogen (secondary N) is 1. The Morgan fingerprint density at radius 2 is 2.09 bits per heavy atom. The van der Waals surface area contributed by atoms with Gasteiger partial charge in [0.1, 0.15) is 11.3 Å². The van der Waals surface area contributed by atoms with Crippen LogP contribution in [0.15, 0.2) is 18.3 Å². The van der Waals surface area contributed by atoms with Crippen LogP contribution in [0.1, 0.15) is 54.4 Å². The highest BCUT2D eigenvalue weighted by Gasteiger charge is 2.31. The highest BCUT2D eigenvalue weighted by molar-refractivity contribution is 6.00. The molecule has 22 heavy (non-hydrogen) atoms. The van der Waals surface area contributed by atoms with Gasteiger partial charge < -0.3 is 9.72 Å². The van der Waals surface area contributed by atoms with E-state index in [1.54, 1.807) is 13.0 Å². The van der Waals surface area contributed by atoms with E-state index in [0.717, 1.165) is 11.4 Å². The van der Waals surface area contributed by atoms with Crippen LogP contribution >= 0.6 is 0 Å². The van der Waals surface area contributed by atoms with E-state index < -0.39 is 5.67 Å². The summed E-state index contributed by atoms with van der Waals surface area (Å²) in [6.07, 6.45) is 4.26. The minimum Gasteiger partial charge on any atom is -0.349 e. The van der Waals surface area contributed by atoms with Crippen molar-refractivity contribution in [1.29, 1.82) is 0 Å². The zero-order chi connectivity index (χ0) is 15.9. The number of rotatable bonds is 2. The molecule has 4 nitrogen and oxygen atoms in total. The maximum Gasteiger partial charge on any atom is 0.255 e. The first-order valence-corrected chi connectivity index (χ1v) is 7.81. The molecule has 0 saturated heterocycles. The summed E-state index contributed by atoms with van der Waals surface area (Å²) in [4.78, 5) is 17.0. The van der Waals surface area contributed by atoms with Crippen LogP contribution in [0.2, 0.25) is 0 Å². The highest BCUT2D eigenvalue weighted by Crippen LogP contribution is 2.31. The smallest absolute Gasteiger partial charge is 0.255 e. The van der Waals surface area contributed by atoms with Crippen LogP contribution in [0, 0.1) is 13.8 Å². The molecule has 0 atom stereocenters. The third-order valence-corrected chi connectivity index (χ3v) is 4.55. The summed E-state index contributed by atoms with van der Waals surface area (Å²) in [5, 5.41) is 3.03. The van der Waals surface area contributed by atoms with E-state index in [9.17, 15) is 9.18 Å². The molecule has 118 valence electrons. The number of nitrogens with zero attached hydrogens (tertiary/aromatic N) is 2. The van der Waals surface area contributed by atoms with Gasteiger partial charge in [-0.1, -0.05) is 0 Å². The van der Waals surface area contributed by atoms with Gasteiger partial charge in [-0.05, 0) is 58.6 Å². The number of halogens is 1. The number of aromatic nitrogens is 2. The molecule has 0 spiro atoms. The standard InChI is InChI=1S/C17H22FN3O/c1-11-10-12(2)21-9-6-14(15(21)19-11)16(22)20-13-4-7-17(3,18)8-5-13/h6,9-10,13H,4-5,7-8H2,1-3H3,(H,20,22). The van der Waals surface area contributed by atoms with Gasteiger partial charge in [0.05, 0.1) is 5.56 Å².